The molecular formula is C39H33N3. The molecule has 3 nitrogen and oxygen atoms in total. The number of aromatic nitrogens is 3. The van der Waals surface area contributed by atoms with Crippen LogP contribution in [0.3, 0.4) is 0 Å². The van der Waals surface area contributed by atoms with Crippen molar-refractivity contribution in [2.45, 2.75) is 44.4 Å². The minimum atomic E-state index is 0.124. The largest absolute Gasteiger partial charge is 0.277 e. The van der Waals surface area contributed by atoms with Crippen LogP contribution in [0.2, 0.25) is 0 Å². The number of rotatable bonds is 2. The van der Waals surface area contributed by atoms with E-state index in [4.69, 9.17) is 9.97 Å². The van der Waals surface area contributed by atoms with E-state index < -0.39 is 0 Å². The molecule has 42 heavy (non-hydrogen) atoms. The number of para-hydroxylation sites is 1. The summed E-state index contributed by atoms with van der Waals surface area (Å²) in [5.41, 5.74) is 4.91. The standard InChI is InChI=1S/C39H33N3/c1-23-18-26-19-27-21-39(20-23,22-33(26)27)37-32-17-15-24-8-2-4-10-28(24)35(32)40-38(41-37)42-34-13-7-6-12-30(34)31-16-14-25-9-3-5-11-29(25)36(31)42/h2-17,23,26-27,33H,18-22H2,1H3/t23-,26?,27-,33?,39?/m0/s1. The van der Waals surface area contributed by atoms with E-state index in [0.29, 0.717) is 0 Å². The smallest absolute Gasteiger partial charge is 0.235 e. The Hall–Kier alpha value is -4.24. The Morgan fingerprint density at radius 1 is 0.619 bits per heavy atom. The van der Waals surface area contributed by atoms with E-state index in [1.165, 1.54) is 86.5 Å². The molecule has 2 heterocycles. The lowest BCUT2D eigenvalue weighted by Gasteiger charge is -2.42. The van der Waals surface area contributed by atoms with Crippen molar-refractivity contribution in [1.82, 2.24) is 14.5 Å². The van der Waals surface area contributed by atoms with Gasteiger partial charge in [-0.15, -0.1) is 0 Å². The fraction of sp³-hybridized carbons (Fsp3) is 0.282. The van der Waals surface area contributed by atoms with Crippen LogP contribution in [0.15, 0.2) is 97.1 Å². The molecule has 0 N–H and O–H groups in total. The molecule has 0 saturated heterocycles. The molecule has 3 saturated carbocycles. The highest BCUT2D eigenvalue weighted by atomic mass is 15.2. The van der Waals surface area contributed by atoms with Crippen LogP contribution in [-0.4, -0.2) is 14.5 Å². The Morgan fingerprint density at radius 3 is 2.19 bits per heavy atom. The first-order chi connectivity index (χ1) is 20.7. The Labute approximate surface area is 245 Å². The topological polar surface area (TPSA) is 30.7 Å². The van der Waals surface area contributed by atoms with Crippen molar-refractivity contribution in [3.63, 3.8) is 0 Å². The first-order valence-electron chi connectivity index (χ1n) is 15.8. The molecule has 5 aromatic carbocycles. The summed E-state index contributed by atoms with van der Waals surface area (Å²) in [5, 5.41) is 8.73. The maximum atomic E-state index is 5.73. The number of fused-ring (bicyclic) bond motifs is 9. The van der Waals surface area contributed by atoms with Gasteiger partial charge in [-0.05, 0) is 72.6 Å². The van der Waals surface area contributed by atoms with Crippen LogP contribution in [0, 0.1) is 23.7 Å². The van der Waals surface area contributed by atoms with Crippen LogP contribution < -0.4 is 0 Å². The first-order valence-corrected chi connectivity index (χ1v) is 15.8. The van der Waals surface area contributed by atoms with Crippen LogP contribution in [-0.2, 0) is 5.41 Å². The molecule has 204 valence electrons. The van der Waals surface area contributed by atoms with Crippen molar-refractivity contribution in [2.24, 2.45) is 23.7 Å². The molecule has 0 spiro atoms. The third-order valence-electron chi connectivity index (χ3n) is 11.4. The molecule has 3 aliphatic rings. The van der Waals surface area contributed by atoms with Gasteiger partial charge in [-0.3, -0.25) is 4.57 Å². The number of nitrogens with zero attached hydrogens (tertiary/aromatic N) is 3. The highest BCUT2D eigenvalue weighted by molar-refractivity contribution is 6.18. The van der Waals surface area contributed by atoms with Crippen molar-refractivity contribution in [3.05, 3.63) is 103 Å². The molecule has 3 heteroatoms. The summed E-state index contributed by atoms with van der Waals surface area (Å²) in [4.78, 5) is 11.2. The Kier molecular flexibility index (Phi) is 4.55. The monoisotopic (exact) mass is 543 g/mol. The second-order valence-electron chi connectivity index (χ2n) is 13.7. The first kappa shape index (κ1) is 23.3. The van der Waals surface area contributed by atoms with E-state index in [1.807, 2.05) is 0 Å². The summed E-state index contributed by atoms with van der Waals surface area (Å²) in [6.07, 6.45) is 6.63. The zero-order valence-electron chi connectivity index (χ0n) is 23.9. The van der Waals surface area contributed by atoms with Crippen LogP contribution in [0.5, 0.6) is 0 Å². The van der Waals surface area contributed by atoms with Crippen LogP contribution in [0.1, 0.15) is 44.7 Å². The van der Waals surface area contributed by atoms with Gasteiger partial charge >= 0.3 is 0 Å². The van der Waals surface area contributed by atoms with E-state index in [1.54, 1.807) is 0 Å². The third kappa shape index (κ3) is 3.01. The van der Waals surface area contributed by atoms with E-state index in [-0.39, 0.29) is 5.41 Å². The molecule has 2 bridgehead atoms. The van der Waals surface area contributed by atoms with Gasteiger partial charge in [0.2, 0.25) is 5.95 Å². The maximum Gasteiger partial charge on any atom is 0.235 e. The minimum Gasteiger partial charge on any atom is -0.277 e. The van der Waals surface area contributed by atoms with Gasteiger partial charge in [-0.1, -0.05) is 97.9 Å². The van der Waals surface area contributed by atoms with E-state index in [0.717, 1.165) is 35.1 Å². The van der Waals surface area contributed by atoms with Crippen LogP contribution in [0.25, 0.3) is 60.2 Å². The lowest BCUT2D eigenvalue weighted by molar-refractivity contribution is 0.0779. The predicted octanol–water partition coefficient (Wildman–Crippen LogP) is 9.75. The van der Waals surface area contributed by atoms with Crippen molar-refractivity contribution >= 4 is 54.3 Å². The van der Waals surface area contributed by atoms with Gasteiger partial charge in [0.25, 0.3) is 0 Å². The summed E-state index contributed by atoms with van der Waals surface area (Å²) in [6, 6.07) is 35.5. The minimum absolute atomic E-state index is 0.124. The van der Waals surface area contributed by atoms with Crippen LogP contribution >= 0.6 is 0 Å². The summed E-state index contributed by atoms with van der Waals surface area (Å²) >= 11 is 0. The van der Waals surface area contributed by atoms with Crippen molar-refractivity contribution < 1.29 is 0 Å². The normalized spacial score (nSPS) is 26.8. The van der Waals surface area contributed by atoms with Gasteiger partial charge in [-0.25, -0.2) is 9.97 Å². The quantitative estimate of drug-likeness (QED) is 0.203. The average Bonchev–Trinajstić information content (AvgIpc) is 3.47. The third-order valence-corrected chi connectivity index (χ3v) is 11.4. The molecule has 3 unspecified atom stereocenters. The Morgan fingerprint density at radius 2 is 1.33 bits per heavy atom. The van der Waals surface area contributed by atoms with Crippen molar-refractivity contribution in [2.75, 3.05) is 0 Å². The molecule has 2 aromatic heterocycles. The van der Waals surface area contributed by atoms with Gasteiger partial charge in [0.1, 0.15) is 0 Å². The summed E-state index contributed by atoms with van der Waals surface area (Å²) in [6.45, 7) is 2.49. The lowest BCUT2D eigenvalue weighted by atomic mass is 9.63. The van der Waals surface area contributed by atoms with Crippen molar-refractivity contribution in [3.8, 4) is 5.95 Å². The molecule has 3 fully saturated rings. The van der Waals surface area contributed by atoms with Gasteiger partial charge in [0.15, 0.2) is 0 Å². The highest BCUT2D eigenvalue weighted by Gasteiger charge is 2.58. The number of hydrogen-bond donors (Lipinski definition) is 0. The summed E-state index contributed by atoms with van der Waals surface area (Å²) < 4.78 is 2.38. The van der Waals surface area contributed by atoms with Gasteiger partial charge in [-0.2, -0.15) is 0 Å². The fourth-order valence-corrected chi connectivity index (χ4v) is 9.82. The SMILES string of the molecule is C[C@H]1CC2C[C@H]3CC(c4nc(-n5c6ccccc6c6ccc7ccccc7c65)nc5c4ccc4ccccc45)(CC23)C1. The lowest BCUT2D eigenvalue weighted by Crippen LogP contribution is -2.34. The predicted molar refractivity (Wildman–Crippen MR) is 173 cm³/mol. The van der Waals surface area contributed by atoms with Gasteiger partial charge in [0.05, 0.1) is 22.2 Å². The highest BCUT2D eigenvalue weighted by Crippen LogP contribution is 2.65. The zero-order valence-corrected chi connectivity index (χ0v) is 23.9. The fourth-order valence-electron chi connectivity index (χ4n) is 9.82. The molecule has 0 radical (unpaired) electrons. The molecule has 10 rings (SSSR count). The molecule has 0 amide bonds. The number of hydrogen-bond acceptors (Lipinski definition) is 2. The van der Waals surface area contributed by atoms with Gasteiger partial charge < -0.3 is 0 Å². The van der Waals surface area contributed by atoms with E-state index in [2.05, 4.69) is 109 Å². The summed E-state index contributed by atoms with van der Waals surface area (Å²) in [5.74, 6) is 4.21. The molecule has 5 atom stereocenters. The second kappa shape index (κ2) is 8.19. The second-order valence-corrected chi connectivity index (χ2v) is 13.7. The molecule has 3 aliphatic carbocycles. The molecular weight excluding hydrogens is 510 g/mol. The van der Waals surface area contributed by atoms with Gasteiger partial charge in [0, 0.05) is 32.3 Å². The average molecular weight is 544 g/mol. The number of benzene rings is 5. The Bertz CT molecular complexity index is 2240. The molecule has 0 aliphatic heterocycles. The molecule has 7 aromatic rings. The maximum absolute atomic E-state index is 5.73. The van der Waals surface area contributed by atoms with E-state index >= 15 is 0 Å². The summed E-state index contributed by atoms with van der Waals surface area (Å²) in [7, 11) is 0. The van der Waals surface area contributed by atoms with E-state index in [9.17, 15) is 0 Å². The Balaban J connectivity index is 1.36. The van der Waals surface area contributed by atoms with Crippen molar-refractivity contribution in [1.29, 1.82) is 0 Å². The zero-order chi connectivity index (χ0) is 27.6. The van der Waals surface area contributed by atoms with Crippen LogP contribution in [0.4, 0.5) is 0 Å².